The Morgan fingerprint density at radius 3 is 3.10 bits per heavy atom. The first-order valence-corrected chi connectivity index (χ1v) is 4.05. The fraction of sp³-hybridized carbons (Fsp3) is 1.00. The second-order valence-electron chi connectivity index (χ2n) is 2.76. The van der Waals surface area contributed by atoms with Gasteiger partial charge in [0.15, 0.2) is 0 Å². The van der Waals surface area contributed by atoms with E-state index in [9.17, 15) is 0 Å². The highest BCUT2D eigenvalue weighted by molar-refractivity contribution is 4.72. The molecule has 3 nitrogen and oxygen atoms in total. The van der Waals surface area contributed by atoms with Crippen LogP contribution in [0.4, 0.5) is 0 Å². The molecule has 0 aromatic carbocycles. The molecular weight excluding hydrogens is 126 g/mol. The van der Waals surface area contributed by atoms with E-state index in [4.69, 9.17) is 0 Å². The van der Waals surface area contributed by atoms with E-state index in [1.165, 1.54) is 0 Å². The van der Waals surface area contributed by atoms with Crippen LogP contribution in [0.5, 0.6) is 0 Å². The number of nitrogens with zero attached hydrogens (tertiary/aromatic N) is 1. The Balaban J connectivity index is 2.25. The molecule has 0 saturated carbocycles. The largest absolute Gasteiger partial charge is 0.314 e. The summed E-state index contributed by atoms with van der Waals surface area (Å²) in [4.78, 5) is 0. The first-order valence-electron chi connectivity index (χ1n) is 4.05. The molecule has 1 unspecified atom stereocenters. The zero-order valence-electron chi connectivity index (χ0n) is 6.85. The van der Waals surface area contributed by atoms with Gasteiger partial charge in [0.1, 0.15) is 0 Å². The summed E-state index contributed by atoms with van der Waals surface area (Å²) < 4.78 is 0. The third kappa shape index (κ3) is 1.94. The predicted octanol–water partition coefficient (Wildman–Crippen LogP) is -0.195. The summed E-state index contributed by atoms with van der Waals surface area (Å²) in [6, 6.07) is 0.633. The van der Waals surface area contributed by atoms with Gasteiger partial charge < -0.3 is 5.32 Å². The van der Waals surface area contributed by atoms with Crippen molar-refractivity contribution in [2.75, 3.05) is 26.2 Å². The van der Waals surface area contributed by atoms with Crippen molar-refractivity contribution in [3.05, 3.63) is 0 Å². The molecule has 1 aliphatic heterocycles. The van der Waals surface area contributed by atoms with Gasteiger partial charge in [0, 0.05) is 32.2 Å². The number of hydrogen-bond donors (Lipinski definition) is 2. The van der Waals surface area contributed by atoms with Gasteiger partial charge in [0.25, 0.3) is 0 Å². The molecule has 0 radical (unpaired) electrons. The molecule has 0 bridgehead atoms. The molecule has 0 aromatic rings. The Morgan fingerprint density at radius 2 is 2.50 bits per heavy atom. The fourth-order valence-corrected chi connectivity index (χ4v) is 1.28. The van der Waals surface area contributed by atoms with Crippen LogP contribution in [0.25, 0.3) is 0 Å². The van der Waals surface area contributed by atoms with Crippen LogP contribution in [0.15, 0.2) is 0 Å². The van der Waals surface area contributed by atoms with Crippen molar-refractivity contribution in [1.29, 1.82) is 0 Å². The van der Waals surface area contributed by atoms with Crippen LogP contribution in [-0.2, 0) is 0 Å². The average molecular weight is 143 g/mol. The molecule has 1 saturated heterocycles. The Hall–Kier alpha value is -0.120. The smallest absolute Gasteiger partial charge is 0.0340 e. The van der Waals surface area contributed by atoms with Crippen molar-refractivity contribution in [3.63, 3.8) is 0 Å². The van der Waals surface area contributed by atoms with Gasteiger partial charge in [0.2, 0.25) is 0 Å². The van der Waals surface area contributed by atoms with Crippen LogP contribution in [0, 0.1) is 0 Å². The van der Waals surface area contributed by atoms with E-state index < -0.39 is 0 Å². The van der Waals surface area contributed by atoms with Crippen molar-refractivity contribution < 1.29 is 0 Å². The second kappa shape index (κ2) is 3.91. The first kappa shape index (κ1) is 7.98. The molecule has 3 heteroatoms. The van der Waals surface area contributed by atoms with Gasteiger partial charge in [0.05, 0.1) is 0 Å². The zero-order chi connectivity index (χ0) is 7.40. The Bertz CT molecular complexity index is 92.9. The molecule has 1 rings (SSSR count). The van der Waals surface area contributed by atoms with E-state index in [1.807, 2.05) is 0 Å². The highest BCUT2D eigenvalue weighted by Gasteiger charge is 2.15. The van der Waals surface area contributed by atoms with Gasteiger partial charge >= 0.3 is 0 Å². The standard InChI is InChI=1S/C7H17N3/c1-3-9-10-5-4-8-6-7(10)2/h7-9H,3-6H2,1-2H3. The van der Waals surface area contributed by atoms with Crippen molar-refractivity contribution in [2.45, 2.75) is 19.9 Å². The van der Waals surface area contributed by atoms with Gasteiger partial charge in [-0.1, -0.05) is 6.92 Å². The molecule has 0 amide bonds. The average Bonchev–Trinajstić information content (AvgIpc) is 1.94. The molecule has 60 valence electrons. The van der Waals surface area contributed by atoms with E-state index in [-0.39, 0.29) is 0 Å². The second-order valence-corrected chi connectivity index (χ2v) is 2.76. The molecule has 1 fully saturated rings. The van der Waals surface area contributed by atoms with Crippen LogP contribution in [0.3, 0.4) is 0 Å². The minimum atomic E-state index is 0.633. The SMILES string of the molecule is CCNN1CCNCC1C. The van der Waals surface area contributed by atoms with E-state index in [0.717, 1.165) is 26.2 Å². The van der Waals surface area contributed by atoms with Gasteiger partial charge in [-0.3, -0.25) is 5.43 Å². The summed E-state index contributed by atoms with van der Waals surface area (Å²) in [6.45, 7) is 8.73. The van der Waals surface area contributed by atoms with Crippen molar-refractivity contribution in [3.8, 4) is 0 Å². The molecule has 1 heterocycles. The first-order chi connectivity index (χ1) is 4.84. The maximum atomic E-state index is 3.34. The zero-order valence-corrected chi connectivity index (χ0v) is 6.85. The highest BCUT2D eigenvalue weighted by atomic mass is 15.5. The minimum absolute atomic E-state index is 0.633. The number of nitrogens with one attached hydrogen (secondary N) is 2. The molecule has 1 atom stereocenters. The Morgan fingerprint density at radius 1 is 1.70 bits per heavy atom. The van der Waals surface area contributed by atoms with Crippen molar-refractivity contribution in [2.24, 2.45) is 0 Å². The van der Waals surface area contributed by atoms with Gasteiger partial charge in [-0.25, -0.2) is 5.01 Å². The van der Waals surface area contributed by atoms with E-state index in [2.05, 4.69) is 29.6 Å². The quantitative estimate of drug-likeness (QED) is 0.561. The molecule has 0 aliphatic carbocycles. The summed E-state index contributed by atoms with van der Waals surface area (Å²) in [6.07, 6.45) is 0. The lowest BCUT2D eigenvalue weighted by atomic mass is 10.2. The predicted molar refractivity (Wildman–Crippen MR) is 42.7 cm³/mol. The van der Waals surface area contributed by atoms with Crippen LogP contribution in [0.2, 0.25) is 0 Å². The molecule has 0 aromatic heterocycles. The Kier molecular flexibility index (Phi) is 3.12. The van der Waals surface area contributed by atoms with Gasteiger partial charge in [-0.15, -0.1) is 0 Å². The minimum Gasteiger partial charge on any atom is -0.314 e. The molecule has 0 spiro atoms. The van der Waals surface area contributed by atoms with E-state index in [0.29, 0.717) is 6.04 Å². The lowest BCUT2D eigenvalue weighted by molar-refractivity contribution is 0.111. The third-order valence-electron chi connectivity index (χ3n) is 1.86. The van der Waals surface area contributed by atoms with Crippen LogP contribution >= 0.6 is 0 Å². The number of rotatable bonds is 2. The van der Waals surface area contributed by atoms with Crippen LogP contribution in [0.1, 0.15) is 13.8 Å². The summed E-state index contributed by atoms with van der Waals surface area (Å²) in [7, 11) is 0. The van der Waals surface area contributed by atoms with Crippen molar-refractivity contribution in [1.82, 2.24) is 15.8 Å². The lowest BCUT2D eigenvalue weighted by Crippen LogP contribution is -2.55. The highest BCUT2D eigenvalue weighted by Crippen LogP contribution is 1.96. The van der Waals surface area contributed by atoms with Crippen molar-refractivity contribution >= 4 is 0 Å². The summed E-state index contributed by atoms with van der Waals surface area (Å²) in [5.74, 6) is 0. The molecule has 2 N–H and O–H groups in total. The van der Waals surface area contributed by atoms with Gasteiger partial charge in [-0.2, -0.15) is 0 Å². The van der Waals surface area contributed by atoms with E-state index >= 15 is 0 Å². The third-order valence-corrected chi connectivity index (χ3v) is 1.86. The van der Waals surface area contributed by atoms with Gasteiger partial charge in [-0.05, 0) is 6.92 Å². The normalized spacial score (nSPS) is 28.8. The maximum Gasteiger partial charge on any atom is 0.0340 e. The Labute approximate surface area is 62.8 Å². The van der Waals surface area contributed by atoms with Crippen LogP contribution in [-0.4, -0.2) is 37.2 Å². The summed E-state index contributed by atoms with van der Waals surface area (Å²) in [5, 5.41) is 5.64. The summed E-state index contributed by atoms with van der Waals surface area (Å²) >= 11 is 0. The van der Waals surface area contributed by atoms with Crippen LogP contribution < -0.4 is 10.7 Å². The number of piperazine rings is 1. The number of hydrogen-bond acceptors (Lipinski definition) is 3. The topological polar surface area (TPSA) is 27.3 Å². The molecule has 10 heavy (non-hydrogen) atoms. The van der Waals surface area contributed by atoms with E-state index in [1.54, 1.807) is 0 Å². The molecular formula is C7H17N3. The number of hydrazine groups is 1. The fourth-order valence-electron chi connectivity index (χ4n) is 1.28. The lowest BCUT2D eigenvalue weighted by Gasteiger charge is -2.33. The molecule has 1 aliphatic rings. The maximum absolute atomic E-state index is 3.34. The monoisotopic (exact) mass is 143 g/mol. The summed E-state index contributed by atoms with van der Waals surface area (Å²) in [5.41, 5.74) is 3.33.